The fourth-order valence-corrected chi connectivity index (χ4v) is 2.26. The standard InChI is InChI=1S/C9H9O2.C9H10O.C7H6Cl.2CH2O.2K/c10-6-9(7-11)8-4-2-1-3-5-8;1-3-10-9-7-5-4-6-8(9)2;1-6-4-2-3-5-7(6)8;2*1-2;;/h1-5,9-10H,6H2;4,6-7H,2-3H2,1H3;2-3,5H,1H3;2*1H2;;/q-1;-2;-1;;;2*+1. The Labute approximate surface area is 299 Å². The molecule has 0 aromatic heterocycles. The van der Waals surface area contributed by atoms with E-state index in [4.69, 9.17) is 31.0 Å². The van der Waals surface area contributed by atoms with E-state index in [2.05, 4.69) is 19.1 Å². The summed E-state index contributed by atoms with van der Waals surface area (Å²) in [6.07, 6.45) is 1.77. The average molecular weight is 547 g/mol. The third-order valence-electron chi connectivity index (χ3n) is 3.74. The van der Waals surface area contributed by atoms with Crippen LogP contribution in [0.15, 0.2) is 66.7 Å². The molecule has 35 heavy (non-hydrogen) atoms. The van der Waals surface area contributed by atoms with Crippen molar-refractivity contribution in [1.29, 1.82) is 0 Å². The molecule has 0 spiro atoms. The summed E-state index contributed by atoms with van der Waals surface area (Å²) in [6, 6.07) is 26.1. The van der Waals surface area contributed by atoms with Crippen molar-refractivity contribution in [1.82, 2.24) is 0 Å². The fourth-order valence-electron chi connectivity index (χ4n) is 2.13. The Kier molecular flexibility index (Phi) is 36.1. The van der Waals surface area contributed by atoms with E-state index < -0.39 is 5.92 Å². The van der Waals surface area contributed by atoms with Crippen molar-refractivity contribution in [2.75, 3.05) is 13.2 Å². The van der Waals surface area contributed by atoms with Gasteiger partial charge in [0.05, 0.1) is 6.61 Å². The monoisotopic (exact) mass is 546 g/mol. The zero-order valence-electron chi connectivity index (χ0n) is 20.9. The Morgan fingerprint density at radius 2 is 1.66 bits per heavy atom. The topological polar surface area (TPSA) is 80.7 Å². The van der Waals surface area contributed by atoms with Crippen LogP contribution in [0.3, 0.4) is 0 Å². The number of carbonyl (C=O) groups is 2. The third-order valence-corrected chi connectivity index (χ3v) is 4.14. The van der Waals surface area contributed by atoms with Gasteiger partial charge in [0.15, 0.2) is 0 Å². The molecule has 178 valence electrons. The molecule has 0 aliphatic carbocycles. The Hall–Kier alpha value is -0.137. The zero-order chi connectivity index (χ0) is 25.5. The van der Waals surface area contributed by atoms with Gasteiger partial charge in [0.2, 0.25) is 0 Å². The number of ether oxygens (including phenoxy) is 1. The summed E-state index contributed by atoms with van der Waals surface area (Å²) in [6.45, 7) is 12.2. The number of carbonyl (C=O) groups excluding carboxylic acids is 3. The molecular weight excluding hydrogens is 518 g/mol. The van der Waals surface area contributed by atoms with Crippen molar-refractivity contribution in [2.24, 2.45) is 0 Å². The summed E-state index contributed by atoms with van der Waals surface area (Å²) >= 11 is 5.68. The molecule has 0 aliphatic rings. The summed E-state index contributed by atoms with van der Waals surface area (Å²) in [5.41, 5.74) is 2.74. The summed E-state index contributed by atoms with van der Waals surface area (Å²) in [7, 11) is 0. The van der Waals surface area contributed by atoms with Gasteiger partial charge in [-0.3, -0.25) is 6.29 Å². The van der Waals surface area contributed by atoms with Crippen molar-refractivity contribution in [3.63, 3.8) is 0 Å². The maximum atomic E-state index is 10.3. The second kappa shape index (κ2) is 30.1. The van der Waals surface area contributed by atoms with Crippen molar-refractivity contribution in [2.45, 2.75) is 19.8 Å². The van der Waals surface area contributed by atoms with Crippen LogP contribution in [0.25, 0.3) is 0 Å². The van der Waals surface area contributed by atoms with Crippen LogP contribution in [0, 0.1) is 26.0 Å². The van der Waals surface area contributed by atoms with E-state index in [0.29, 0.717) is 6.61 Å². The van der Waals surface area contributed by atoms with Crippen LogP contribution in [0.5, 0.6) is 5.75 Å². The van der Waals surface area contributed by atoms with Crippen LogP contribution in [0.4, 0.5) is 0 Å². The Morgan fingerprint density at radius 3 is 2.06 bits per heavy atom. The van der Waals surface area contributed by atoms with Crippen molar-refractivity contribution >= 4 is 31.5 Å². The fraction of sp³-hybridized carbons (Fsp3) is 0.185. The van der Waals surface area contributed by atoms with Gasteiger partial charge in [-0.1, -0.05) is 53.8 Å². The molecule has 8 heteroatoms. The molecule has 1 atom stereocenters. The Morgan fingerprint density at radius 1 is 1.06 bits per heavy atom. The van der Waals surface area contributed by atoms with E-state index in [-0.39, 0.29) is 109 Å². The first-order chi connectivity index (χ1) is 16.0. The molecule has 3 aromatic carbocycles. The SMILES string of the molecule is C=O.C=O.Cc1[c-]cccc1Cl.O=[C-]C(CO)c1ccccc1.[CH2-]c1cc[c-]cc1OCC.[K+].[K+]. The largest absolute Gasteiger partial charge is 1.00 e. The Balaban J connectivity index is -0.000000188. The average Bonchev–Trinajstić information content (AvgIpc) is 2.87. The number of hydrogen-bond donors (Lipinski definition) is 1. The van der Waals surface area contributed by atoms with Gasteiger partial charge < -0.3 is 24.2 Å². The maximum absolute atomic E-state index is 10.3. The van der Waals surface area contributed by atoms with Crippen LogP contribution in [0.1, 0.15) is 29.5 Å². The van der Waals surface area contributed by atoms with Crippen LogP contribution in [-0.4, -0.2) is 38.2 Å². The molecule has 3 rings (SSSR count). The summed E-state index contributed by atoms with van der Waals surface area (Å²) in [4.78, 5) is 26.3. The van der Waals surface area contributed by atoms with Gasteiger partial charge >= 0.3 is 103 Å². The molecular formula is C27H29ClK2O5-2. The molecule has 1 N–H and O–H groups in total. The van der Waals surface area contributed by atoms with Gasteiger partial charge in [-0.15, -0.1) is 11.6 Å². The first-order valence-corrected chi connectivity index (χ1v) is 10.1. The molecule has 5 nitrogen and oxygen atoms in total. The molecule has 0 fully saturated rings. The number of benzene rings is 3. The maximum Gasteiger partial charge on any atom is 1.00 e. The van der Waals surface area contributed by atoms with Crippen molar-refractivity contribution in [3.8, 4) is 5.75 Å². The summed E-state index contributed by atoms with van der Waals surface area (Å²) in [5, 5.41) is 9.50. The van der Waals surface area contributed by atoms with E-state index in [1.54, 1.807) is 24.5 Å². The van der Waals surface area contributed by atoms with Crippen LogP contribution >= 0.6 is 11.6 Å². The van der Waals surface area contributed by atoms with Gasteiger partial charge in [0.25, 0.3) is 0 Å². The molecule has 1 unspecified atom stereocenters. The smallest absolute Gasteiger partial charge is 0.552 e. The second-order valence-corrected chi connectivity index (χ2v) is 6.28. The van der Waals surface area contributed by atoms with E-state index in [1.807, 2.05) is 76.0 Å². The van der Waals surface area contributed by atoms with Gasteiger partial charge in [0, 0.05) is 12.4 Å². The van der Waals surface area contributed by atoms with E-state index in [9.17, 15) is 4.79 Å². The van der Waals surface area contributed by atoms with E-state index in [1.165, 1.54) is 0 Å². The zero-order valence-corrected chi connectivity index (χ0v) is 27.9. The number of aliphatic hydroxyl groups excluding tert-OH is 1. The second-order valence-electron chi connectivity index (χ2n) is 5.87. The molecule has 0 radical (unpaired) electrons. The molecule has 0 saturated heterocycles. The summed E-state index contributed by atoms with van der Waals surface area (Å²) < 4.78 is 5.24. The van der Waals surface area contributed by atoms with Gasteiger partial charge in [-0.25, -0.2) is 0 Å². The molecule has 0 heterocycles. The molecule has 0 saturated carbocycles. The van der Waals surface area contributed by atoms with Gasteiger partial charge in [0.1, 0.15) is 13.6 Å². The summed E-state index contributed by atoms with van der Waals surface area (Å²) in [5.74, 6) is 0.334. The van der Waals surface area contributed by atoms with Crippen LogP contribution in [0.2, 0.25) is 5.02 Å². The minimum Gasteiger partial charge on any atom is -0.552 e. The van der Waals surface area contributed by atoms with Crippen LogP contribution in [-0.2, 0) is 14.4 Å². The first kappa shape index (κ1) is 42.0. The minimum absolute atomic E-state index is 0. The molecule has 0 bridgehead atoms. The van der Waals surface area contributed by atoms with Crippen molar-refractivity contribution < 1.29 is 127 Å². The predicted octanol–water partition coefficient (Wildman–Crippen LogP) is -0.973. The number of hydrogen-bond acceptors (Lipinski definition) is 5. The van der Waals surface area contributed by atoms with E-state index >= 15 is 0 Å². The van der Waals surface area contributed by atoms with E-state index in [0.717, 1.165) is 27.5 Å². The molecule has 0 aliphatic heterocycles. The number of aliphatic hydroxyl groups is 1. The molecule has 3 aromatic rings. The molecule has 0 amide bonds. The third kappa shape index (κ3) is 20.6. The quantitative estimate of drug-likeness (QED) is 0.329. The van der Waals surface area contributed by atoms with Gasteiger partial charge in [-0.2, -0.15) is 66.6 Å². The normalized spacial score (nSPS) is 8.91. The van der Waals surface area contributed by atoms with Crippen LogP contribution < -0.4 is 108 Å². The minimum atomic E-state index is -0.490. The Bertz CT molecular complexity index is 859. The first-order valence-electron chi connectivity index (χ1n) is 9.72. The number of halogens is 1. The number of rotatable bonds is 5. The van der Waals surface area contributed by atoms with Crippen molar-refractivity contribution in [3.05, 3.63) is 107 Å². The number of aryl methyl sites for hydroxylation is 1. The predicted molar refractivity (Wildman–Crippen MR) is 132 cm³/mol. The van der Waals surface area contributed by atoms with Gasteiger partial charge in [-0.05, 0) is 6.92 Å².